The number of hydrogen-bond donors (Lipinski definition) is 0. The molecule has 0 N–H and O–H groups in total. The summed E-state index contributed by atoms with van der Waals surface area (Å²) >= 11 is 0. The van der Waals surface area contributed by atoms with Gasteiger partial charge in [-0.3, -0.25) is 0 Å². The van der Waals surface area contributed by atoms with Crippen molar-refractivity contribution in [3.63, 3.8) is 0 Å². The predicted molar refractivity (Wildman–Crippen MR) is 50.1 cm³/mol. The number of rotatable bonds is 2. The van der Waals surface area contributed by atoms with Crippen molar-refractivity contribution in [2.24, 2.45) is 5.16 Å². The fourth-order valence-electron chi connectivity index (χ4n) is 0.936. The molecule has 0 aliphatic carbocycles. The predicted octanol–water partition coefficient (Wildman–Crippen LogP) is 2.24. The van der Waals surface area contributed by atoms with Crippen LogP contribution in [0.1, 0.15) is 18.1 Å². The first-order valence-corrected chi connectivity index (χ1v) is 3.74. The minimum atomic E-state index is 0.873. The highest BCUT2D eigenvalue weighted by Crippen LogP contribution is 2.04. The van der Waals surface area contributed by atoms with Crippen molar-refractivity contribution < 1.29 is 4.84 Å². The first-order chi connectivity index (χ1) is 5.74. The van der Waals surface area contributed by atoms with E-state index in [1.54, 1.807) is 7.11 Å². The molecule has 1 aromatic carbocycles. The molecule has 12 heavy (non-hydrogen) atoms. The molecule has 0 amide bonds. The van der Waals surface area contributed by atoms with E-state index in [2.05, 4.69) is 16.9 Å². The number of nitrogens with zero attached hydrogens (tertiary/aromatic N) is 1. The normalized spacial score (nSPS) is 11.4. The molecule has 0 aliphatic rings. The van der Waals surface area contributed by atoms with Gasteiger partial charge in [0.2, 0.25) is 0 Å². The summed E-state index contributed by atoms with van der Waals surface area (Å²) in [4.78, 5) is 4.66. The molecule has 63 valence electrons. The Balaban J connectivity index is 2.89. The summed E-state index contributed by atoms with van der Waals surface area (Å²) in [6.07, 6.45) is 0. The summed E-state index contributed by atoms with van der Waals surface area (Å²) in [6, 6.07) is 7.84. The fraction of sp³-hybridized carbons (Fsp3) is 0.200. The van der Waals surface area contributed by atoms with Gasteiger partial charge < -0.3 is 4.84 Å². The van der Waals surface area contributed by atoms with Gasteiger partial charge in [0, 0.05) is 0 Å². The Morgan fingerprint density at radius 1 is 1.33 bits per heavy atom. The average Bonchev–Trinajstić information content (AvgIpc) is 2.06. The molecule has 0 aliphatic heterocycles. The molecular weight excluding hydrogens is 150 g/mol. The first-order valence-electron chi connectivity index (χ1n) is 3.74. The SMILES string of the molecule is [CH2]c1ccc(/C(C)=N\OC)cc1. The van der Waals surface area contributed by atoms with Gasteiger partial charge in [0.1, 0.15) is 7.11 Å². The van der Waals surface area contributed by atoms with Crippen molar-refractivity contribution >= 4 is 5.71 Å². The monoisotopic (exact) mass is 162 g/mol. The van der Waals surface area contributed by atoms with Crippen molar-refractivity contribution in [3.8, 4) is 0 Å². The van der Waals surface area contributed by atoms with Crippen LogP contribution in [0.25, 0.3) is 0 Å². The Morgan fingerprint density at radius 3 is 2.42 bits per heavy atom. The molecule has 1 rings (SSSR count). The van der Waals surface area contributed by atoms with E-state index in [1.165, 1.54) is 0 Å². The van der Waals surface area contributed by atoms with Crippen LogP contribution in [0.4, 0.5) is 0 Å². The summed E-state index contributed by atoms with van der Waals surface area (Å²) < 4.78 is 0. The van der Waals surface area contributed by atoms with Crippen molar-refractivity contribution in [1.82, 2.24) is 0 Å². The third-order valence-corrected chi connectivity index (χ3v) is 1.60. The smallest absolute Gasteiger partial charge is 0.106 e. The quantitative estimate of drug-likeness (QED) is 0.482. The lowest BCUT2D eigenvalue weighted by atomic mass is 10.1. The highest BCUT2D eigenvalue weighted by atomic mass is 16.6. The average molecular weight is 162 g/mol. The second kappa shape index (κ2) is 3.90. The third kappa shape index (κ3) is 2.09. The highest BCUT2D eigenvalue weighted by Gasteiger charge is 1.95. The molecule has 0 bridgehead atoms. The Kier molecular flexibility index (Phi) is 2.86. The lowest BCUT2D eigenvalue weighted by molar-refractivity contribution is 0.213. The zero-order valence-corrected chi connectivity index (χ0v) is 7.37. The molecule has 0 saturated carbocycles. The van der Waals surface area contributed by atoms with Gasteiger partial charge in [0.25, 0.3) is 0 Å². The third-order valence-electron chi connectivity index (χ3n) is 1.60. The van der Waals surface area contributed by atoms with Gasteiger partial charge in [-0.2, -0.15) is 0 Å². The first kappa shape index (κ1) is 8.78. The summed E-state index contributed by atoms with van der Waals surface area (Å²) in [6.45, 7) is 5.70. The Labute approximate surface area is 72.9 Å². The van der Waals surface area contributed by atoms with E-state index in [-0.39, 0.29) is 0 Å². The highest BCUT2D eigenvalue weighted by molar-refractivity contribution is 5.98. The van der Waals surface area contributed by atoms with Crippen molar-refractivity contribution in [2.45, 2.75) is 6.92 Å². The van der Waals surface area contributed by atoms with E-state index in [1.807, 2.05) is 31.2 Å². The van der Waals surface area contributed by atoms with E-state index in [9.17, 15) is 0 Å². The number of oxime groups is 1. The lowest BCUT2D eigenvalue weighted by Gasteiger charge is -1.99. The van der Waals surface area contributed by atoms with E-state index >= 15 is 0 Å². The van der Waals surface area contributed by atoms with Crippen LogP contribution in [0.15, 0.2) is 29.4 Å². The van der Waals surface area contributed by atoms with Gasteiger partial charge in [-0.15, -0.1) is 0 Å². The molecule has 0 fully saturated rings. The Hall–Kier alpha value is -1.31. The fourth-order valence-corrected chi connectivity index (χ4v) is 0.936. The molecule has 0 saturated heterocycles. The van der Waals surface area contributed by atoms with Crippen LogP contribution < -0.4 is 0 Å². The van der Waals surface area contributed by atoms with Gasteiger partial charge in [0.05, 0.1) is 5.71 Å². The van der Waals surface area contributed by atoms with Gasteiger partial charge in [-0.1, -0.05) is 29.4 Å². The molecule has 0 spiro atoms. The maximum absolute atomic E-state index is 4.66. The van der Waals surface area contributed by atoms with Crippen LogP contribution in [0.5, 0.6) is 0 Å². The molecule has 1 radical (unpaired) electrons. The molecule has 0 atom stereocenters. The standard InChI is InChI=1S/C10H12NO/c1-8-4-6-10(7-5-8)9(2)11-12-3/h4-7H,1H2,2-3H3/b11-9-. The molecular formula is C10H12NO. The second-order valence-corrected chi connectivity index (χ2v) is 2.56. The van der Waals surface area contributed by atoms with Crippen molar-refractivity contribution in [1.29, 1.82) is 0 Å². The molecule has 0 heterocycles. The Morgan fingerprint density at radius 2 is 1.92 bits per heavy atom. The summed E-state index contributed by atoms with van der Waals surface area (Å²) in [7, 11) is 1.54. The van der Waals surface area contributed by atoms with E-state index < -0.39 is 0 Å². The number of benzene rings is 1. The zero-order valence-electron chi connectivity index (χ0n) is 7.37. The van der Waals surface area contributed by atoms with Gasteiger partial charge in [0.15, 0.2) is 0 Å². The van der Waals surface area contributed by atoms with E-state index in [0.717, 1.165) is 16.8 Å². The van der Waals surface area contributed by atoms with Gasteiger partial charge in [-0.05, 0) is 25.0 Å². The maximum atomic E-state index is 4.66. The topological polar surface area (TPSA) is 21.6 Å². The molecule has 0 unspecified atom stereocenters. The van der Waals surface area contributed by atoms with Crippen LogP contribution in [-0.4, -0.2) is 12.8 Å². The zero-order chi connectivity index (χ0) is 8.97. The minimum absolute atomic E-state index is 0.873. The van der Waals surface area contributed by atoms with Crippen LogP contribution in [-0.2, 0) is 4.84 Å². The van der Waals surface area contributed by atoms with Gasteiger partial charge >= 0.3 is 0 Å². The van der Waals surface area contributed by atoms with Crippen LogP contribution in [0.3, 0.4) is 0 Å². The molecule has 2 heteroatoms. The maximum Gasteiger partial charge on any atom is 0.106 e. The second-order valence-electron chi connectivity index (χ2n) is 2.56. The molecule has 2 nitrogen and oxygen atoms in total. The summed E-state index contributed by atoms with van der Waals surface area (Å²) in [5, 5.41) is 3.82. The summed E-state index contributed by atoms with van der Waals surface area (Å²) in [5.41, 5.74) is 2.94. The number of hydrogen-bond acceptors (Lipinski definition) is 2. The minimum Gasteiger partial charge on any atom is -0.399 e. The van der Waals surface area contributed by atoms with E-state index in [0.29, 0.717) is 0 Å². The van der Waals surface area contributed by atoms with Crippen molar-refractivity contribution in [3.05, 3.63) is 42.3 Å². The Bertz CT molecular complexity index is 274. The van der Waals surface area contributed by atoms with Crippen LogP contribution in [0, 0.1) is 6.92 Å². The van der Waals surface area contributed by atoms with E-state index in [4.69, 9.17) is 0 Å². The molecule has 0 aromatic heterocycles. The molecule has 1 aromatic rings. The summed E-state index contributed by atoms with van der Waals surface area (Å²) in [5.74, 6) is 0. The van der Waals surface area contributed by atoms with Crippen LogP contribution >= 0.6 is 0 Å². The lowest BCUT2D eigenvalue weighted by Crippen LogP contribution is -1.94. The van der Waals surface area contributed by atoms with Crippen molar-refractivity contribution in [2.75, 3.05) is 7.11 Å². The van der Waals surface area contributed by atoms with Gasteiger partial charge in [-0.25, -0.2) is 0 Å². The largest absolute Gasteiger partial charge is 0.399 e. The van der Waals surface area contributed by atoms with Crippen LogP contribution in [0.2, 0.25) is 0 Å².